The molecule has 1 heterocycles. The number of aliphatic hydroxyl groups excluding tert-OH is 1. The van der Waals surface area contributed by atoms with Crippen LogP contribution in [0.4, 0.5) is 0 Å². The predicted octanol–water partition coefficient (Wildman–Crippen LogP) is -1.12. The summed E-state index contributed by atoms with van der Waals surface area (Å²) in [5.41, 5.74) is 0.642. The Hall–Kier alpha value is -0.970. The van der Waals surface area contributed by atoms with Crippen molar-refractivity contribution in [1.82, 2.24) is 14.5 Å². The van der Waals surface area contributed by atoms with Crippen LogP contribution in [0.3, 0.4) is 0 Å². The molecule has 0 unspecified atom stereocenters. The van der Waals surface area contributed by atoms with E-state index in [2.05, 4.69) is 10.2 Å². The second-order valence-electron chi connectivity index (χ2n) is 4.25. The van der Waals surface area contributed by atoms with E-state index < -0.39 is 26.5 Å². The summed E-state index contributed by atoms with van der Waals surface area (Å²) in [6.45, 7) is 0.961. The largest absolute Gasteiger partial charge is 0.392 e. The lowest BCUT2D eigenvalue weighted by atomic mass is 10.3. The summed E-state index contributed by atoms with van der Waals surface area (Å²) in [5.74, 6) is -0.277. The van der Waals surface area contributed by atoms with Crippen LogP contribution >= 0.6 is 0 Å². The Morgan fingerprint density at radius 3 is 2.37 bits per heavy atom. The van der Waals surface area contributed by atoms with Gasteiger partial charge in [-0.3, -0.25) is 5.10 Å². The number of H-pyrrole nitrogens is 1. The fourth-order valence-corrected chi connectivity index (χ4v) is 3.43. The number of aryl methyl sites for hydroxylation is 1. The van der Waals surface area contributed by atoms with Gasteiger partial charge in [-0.1, -0.05) is 0 Å². The molecular formula is C9H17N3O5S2. The molecule has 0 saturated carbocycles. The van der Waals surface area contributed by atoms with E-state index in [1.54, 1.807) is 6.92 Å². The maximum absolute atomic E-state index is 12.2. The lowest BCUT2D eigenvalue weighted by Crippen LogP contribution is -2.32. The summed E-state index contributed by atoms with van der Waals surface area (Å²) in [4.78, 5) is 0. The van der Waals surface area contributed by atoms with Crippen LogP contribution in [-0.2, 0) is 26.5 Å². The number of sulfonamides is 1. The molecule has 0 bridgehead atoms. The van der Waals surface area contributed by atoms with Gasteiger partial charge in [-0.25, -0.2) is 16.8 Å². The molecule has 0 spiro atoms. The molecule has 10 heteroatoms. The molecule has 1 aromatic heterocycles. The number of nitrogens with zero attached hydrogens (tertiary/aromatic N) is 2. The van der Waals surface area contributed by atoms with E-state index in [0.717, 1.165) is 10.6 Å². The zero-order chi connectivity index (χ0) is 14.8. The summed E-state index contributed by atoms with van der Waals surface area (Å²) in [5, 5.41) is 15.0. The minimum absolute atomic E-state index is 0.169. The van der Waals surface area contributed by atoms with Crippen LogP contribution < -0.4 is 0 Å². The quantitative estimate of drug-likeness (QED) is 0.686. The molecule has 8 nitrogen and oxygen atoms in total. The van der Waals surface area contributed by atoms with Gasteiger partial charge in [0.05, 0.1) is 12.4 Å². The van der Waals surface area contributed by atoms with Crippen molar-refractivity contribution in [2.24, 2.45) is 0 Å². The Balaban J connectivity index is 3.03. The Labute approximate surface area is 112 Å². The fraction of sp³-hybridized carbons (Fsp3) is 0.667. The molecule has 0 aliphatic carbocycles. The zero-order valence-electron chi connectivity index (χ0n) is 10.9. The molecule has 0 radical (unpaired) electrons. The third-order valence-electron chi connectivity index (χ3n) is 2.63. The van der Waals surface area contributed by atoms with Crippen LogP contribution in [0, 0.1) is 6.92 Å². The molecule has 0 amide bonds. The lowest BCUT2D eigenvalue weighted by molar-refractivity contribution is 0.277. The van der Waals surface area contributed by atoms with Crippen LogP contribution in [0.2, 0.25) is 0 Å². The molecule has 0 saturated heterocycles. The van der Waals surface area contributed by atoms with Gasteiger partial charge in [0.15, 0.2) is 5.03 Å². The Morgan fingerprint density at radius 1 is 1.32 bits per heavy atom. The summed E-state index contributed by atoms with van der Waals surface area (Å²) >= 11 is 0. The minimum atomic E-state index is -3.92. The van der Waals surface area contributed by atoms with Crippen LogP contribution in [0.25, 0.3) is 0 Å². The van der Waals surface area contributed by atoms with Gasteiger partial charge in [0.2, 0.25) is 0 Å². The van der Waals surface area contributed by atoms with Gasteiger partial charge in [0.25, 0.3) is 10.0 Å². The number of aliphatic hydroxyl groups is 1. The maximum atomic E-state index is 12.2. The summed E-state index contributed by atoms with van der Waals surface area (Å²) < 4.78 is 47.4. The van der Waals surface area contributed by atoms with Gasteiger partial charge >= 0.3 is 0 Å². The Bertz CT molecular complexity index is 647. The Morgan fingerprint density at radius 2 is 1.89 bits per heavy atom. The van der Waals surface area contributed by atoms with E-state index in [1.165, 1.54) is 7.05 Å². The van der Waals surface area contributed by atoms with E-state index in [4.69, 9.17) is 5.11 Å². The van der Waals surface area contributed by atoms with Crippen molar-refractivity contribution in [3.8, 4) is 0 Å². The average molecular weight is 311 g/mol. The molecule has 2 N–H and O–H groups in total. The first kappa shape index (κ1) is 16.1. The van der Waals surface area contributed by atoms with E-state index >= 15 is 0 Å². The van der Waals surface area contributed by atoms with E-state index in [1.807, 2.05) is 0 Å². The average Bonchev–Trinajstić information content (AvgIpc) is 2.66. The molecule has 1 rings (SSSR count). The van der Waals surface area contributed by atoms with Crippen molar-refractivity contribution in [3.63, 3.8) is 0 Å². The highest BCUT2D eigenvalue weighted by molar-refractivity contribution is 7.91. The number of hydrogen-bond donors (Lipinski definition) is 2. The van der Waals surface area contributed by atoms with Gasteiger partial charge in [0, 0.05) is 31.1 Å². The highest BCUT2D eigenvalue weighted by atomic mass is 32.2. The first-order valence-corrected chi connectivity index (χ1v) is 8.88. The highest BCUT2D eigenvalue weighted by Crippen LogP contribution is 2.19. The summed E-state index contributed by atoms with van der Waals surface area (Å²) in [6.07, 6.45) is 1.03. The number of sulfone groups is 1. The third kappa shape index (κ3) is 3.75. The number of aromatic nitrogens is 2. The summed E-state index contributed by atoms with van der Waals surface area (Å²) in [7, 11) is -5.90. The van der Waals surface area contributed by atoms with Crippen molar-refractivity contribution in [3.05, 3.63) is 11.3 Å². The van der Waals surface area contributed by atoms with E-state index in [9.17, 15) is 16.8 Å². The number of nitrogens with one attached hydrogen (secondary N) is 1. The van der Waals surface area contributed by atoms with Gasteiger partial charge < -0.3 is 5.11 Å². The van der Waals surface area contributed by atoms with E-state index in [-0.39, 0.29) is 22.9 Å². The second-order valence-corrected chi connectivity index (χ2v) is 8.47. The summed E-state index contributed by atoms with van der Waals surface area (Å²) in [6, 6.07) is 0. The molecule has 1 aromatic rings. The molecule has 0 aliphatic rings. The van der Waals surface area contributed by atoms with Crippen LogP contribution in [0.1, 0.15) is 11.3 Å². The number of rotatable bonds is 6. The minimum Gasteiger partial charge on any atom is -0.392 e. The molecule has 0 aromatic carbocycles. The lowest BCUT2D eigenvalue weighted by Gasteiger charge is -2.15. The highest BCUT2D eigenvalue weighted by Gasteiger charge is 2.28. The van der Waals surface area contributed by atoms with Gasteiger partial charge in [0.1, 0.15) is 9.84 Å². The SMILES string of the molecule is Cc1[nH]nc(S(=O)(=O)N(C)CCS(C)(=O)=O)c1CO. The standard InChI is InChI=1S/C9H17N3O5S2/c1-7-8(6-13)9(11-10-7)19(16,17)12(2)4-5-18(3,14)15/h13H,4-6H2,1-3H3,(H,10,11). The number of aromatic amines is 1. The van der Waals surface area contributed by atoms with Crippen molar-refractivity contribution in [2.75, 3.05) is 25.6 Å². The predicted molar refractivity (Wildman–Crippen MR) is 68.8 cm³/mol. The van der Waals surface area contributed by atoms with Gasteiger partial charge in [-0.2, -0.15) is 9.40 Å². The molecule has 19 heavy (non-hydrogen) atoms. The van der Waals surface area contributed by atoms with E-state index in [0.29, 0.717) is 5.69 Å². The third-order valence-corrected chi connectivity index (χ3v) is 5.38. The van der Waals surface area contributed by atoms with Gasteiger partial charge in [-0.15, -0.1) is 0 Å². The topological polar surface area (TPSA) is 120 Å². The zero-order valence-corrected chi connectivity index (χ0v) is 12.5. The van der Waals surface area contributed by atoms with Crippen molar-refractivity contribution in [2.45, 2.75) is 18.6 Å². The first-order chi connectivity index (χ1) is 8.59. The maximum Gasteiger partial charge on any atom is 0.262 e. The van der Waals surface area contributed by atoms with Crippen molar-refractivity contribution >= 4 is 19.9 Å². The normalized spacial score (nSPS) is 13.1. The molecule has 0 aliphatic heterocycles. The number of hydrogen-bond acceptors (Lipinski definition) is 6. The molecule has 0 atom stereocenters. The molecular weight excluding hydrogens is 294 g/mol. The molecule has 110 valence electrons. The van der Waals surface area contributed by atoms with Gasteiger partial charge in [-0.05, 0) is 6.92 Å². The van der Waals surface area contributed by atoms with Crippen molar-refractivity contribution < 1.29 is 21.9 Å². The fourth-order valence-electron chi connectivity index (χ4n) is 1.39. The Kier molecular flexibility index (Phi) is 4.72. The smallest absolute Gasteiger partial charge is 0.262 e. The molecule has 0 fully saturated rings. The monoisotopic (exact) mass is 311 g/mol. The van der Waals surface area contributed by atoms with Crippen LogP contribution in [-0.4, -0.2) is 62.0 Å². The van der Waals surface area contributed by atoms with Crippen LogP contribution in [0.5, 0.6) is 0 Å². The first-order valence-electron chi connectivity index (χ1n) is 5.38. The second kappa shape index (κ2) is 5.57. The van der Waals surface area contributed by atoms with Crippen LogP contribution in [0.15, 0.2) is 5.03 Å². The van der Waals surface area contributed by atoms with Crippen molar-refractivity contribution in [1.29, 1.82) is 0 Å².